The Balaban J connectivity index is 2.33. The van der Waals surface area contributed by atoms with E-state index in [2.05, 4.69) is 0 Å². The lowest BCUT2D eigenvalue weighted by atomic mass is 10.0. The van der Waals surface area contributed by atoms with Crippen LogP contribution >= 0.6 is 11.6 Å². The van der Waals surface area contributed by atoms with E-state index in [4.69, 9.17) is 16.0 Å². The summed E-state index contributed by atoms with van der Waals surface area (Å²) in [7, 11) is 0. The summed E-state index contributed by atoms with van der Waals surface area (Å²) in [5, 5.41) is 0.602. The molecule has 0 saturated carbocycles. The summed E-state index contributed by atoms with van der Waals surface area (Å²) in [5.74, 6) is -0.00369. The number of carbonyl (C=O) groups excluding carboxylic acids is 1. The lowest BCUT2D eigenvalue weighted by molar-refractivity contribution is -0.117. The second-order valence-corrected chi connectivity index (χ2v) is 4.99. The van der Waals surface area contributed by atoms with Crippen LogP contribution in [-0.2, 0) is 4.79 Å². The van der Waals surface area contributed by atoms with E-state index in [1.54, 1.807) is 30.5 Å². The van der Waals surface area contributed by atoms with Crippen molar-refractivity contribution in [2.24, 2.45) is 0 Å². The molecule has 0 spiro atoms. The Morgan fingerprint density at radius 1 is 1.37 bits per heavy atom. The molecule has 1 unspecified atom stereocenters. The third kappa shape index (κ3) is 3.15. The smallest absolute Gasteiger partial charge is 0.412 e. The van der Waals surface area contributed by atoms with Crippen molar-refractivity contribution in [2.75, 3.05) is 0 Å². The maximum Gasteiger partial charge on any atom is 0.423 e. The summed E-state index contributed by atoms with van der Waals surface area (Å²) < 4.78 is 6.59. The van der Waals surface area contributed by atoms with E-state index in [0.717, 1.165) is 0 Å². The normalized spacial score (nSPS) is 12.4. The second-order valence-electron chi connectivity index (χ2n) is 4.55. The number of aromatic nitrogens is 1. The first-order valence-corrected chi connectivity index (χ1v) is 6.33. The number of nitrogens with zero attached hydrogens (tertiary/aromatic N) is 1. The van der Waals surface area contributed by atoms with Crippen LogP contribution in [0.5, 0.6) is 0 Å². The Morgan fingerprint density at radius 3 is 2.58 bits per heavy atom. The van der Waals surface area contributed by atoms with Gasteiger partial charge >= 0.3 is 5.76 Å². The average molecular weight is 280 g/mol. The number of carbonyl (C=O) groups is 1. The highest BCUT2D eigenvalue weighted by Gasteiger charge is 2.15. The molecule has 0 radical (unpaired) electrons. The zero-order valence-corrected chi connectivity index (χ0v) is 11.5. The Hall–Kier alpha value is -1.81. The summed E-state index contributed by atoms with van der Waals surface area (Å²) in [6, 6.07) is 6.88. The maximum absolute atomic E-state index is 11.8. The van der Waals surface area contributed by atoms with Crippen molar-refractivity contribution < 1.29 is 9.21 Å². The zero-order valence-electron chi connectivity index (χ0n) is 10.7. The molecule has 0 N–H and O–H groups in total. The van der Waals surface area contributed by atoms with Crippen LogP contribution in [0.2, 0.25) is 5.02 Å². The van der Waals surface area contributed by atoms with Crippen molar-refractivity contribution in [1.82, 2.24) is 4.57 Å². The number of hydrogen-bond donors (Lipinski definition) is 0. The predicted molar refractivity (Wildman–Crippen MR) is 73.0 cm³/mol. The highest BCUT2D eigenvalue weighted by molar-refractivity contribution is 6.30. The summed E-state index contributed by atoms with van der Waals surface area (Å²) in [5.41, 5.74) is 0.680. The Bertz CT molecular complexity index is 639. The van der Waals surface area contributed by atoms with Crippen molar-refractivity contribution in [3.05, 3.63) is 51.8 Å². The minimum atomic E-state index is -0.465. The van der Waals surface area contributed by atoms with Gasteiger partial charge in [-0.3, -0.25) is 0 Å². The molecule has 0 amide bonds. The molecule has 1 aromatic heterocycles. The standard InChI is InChI=1S/C14H14ClNO3/c1-9(7-10(2)17)13-8-16(14(18)19-13)12-5-3-11(15)4-6-12/h3-6,8-9H,7H2,1-2H3. The van der Waals surface area contributed by atoms with Gasteiger partial charge in [-0.2, -0.15) is 0 Å². The van der Waals surface area contributed by atoms with Gasteiger partial charge in [0.2, 0.25) is 0 Å². The molecule has 19 heavy (non-hydrogen) atoms. The van der Waals surface area contributed by atoms with Crippen LogP contribution in [0, 0.1) is 0 Å². The first kappa shape index (κ1) is 13.6. The molecule has 4 nitrogen and oxygen atoms in total. The van der Waals surface area contributed by atoms with E-state index < -0.39 is 5.76 Å². The minimum Gasteiger partial charge on any atom is -0.412 e. The van der Waals surface area contributed by atoms with Crippen LogP contribution in [0.3, 0.4) is 0 Å². The fraction of sp³-hybridized carbons (Fsp3) is 0.286. The van der Waals surface area contributed by atoms with E-state index in [1.165, 1.54) is 11.5 Å². The highest BCUT2D eigenvalue weighted by atomic mass is 35.5. The van der Waals surface area contributed by atoms with Gasteiger partial charge in [0.05, 0.1) is 11.9 Å². The van der Waals surface area contributed by atoms with Crippen molar-refractivity contribution in [3.8, 4) is 5.69 Å². The first-order valence-electron chi connectivity index (χ1n) is 5.95. The number of ketones is 1. The molecule has 100 valence electrons. The number of halogens is 1. The molecule has 5 heteroatoms. The number of oxazole rings is 1. The van der Waals surface area contributed by atoms with E-state index in [-0.39, 0.29) is 11.7 Å². The molecule has 1 aromatic carbocycles. The average Bonchev–Trinajstić information content (AvgIpc) is 2.72. The van der Waals surface area contributed by atoms with Crippen molar-refractivity contribution in [2.45, 2.75) is 26.2 Å². The maximum atomic E-state index is 11.8. The predicted octanol–water partition coefficient (Wildman–Crippen LogP) is 3.17. The van der Waals surface area contributed by atoms with Gasteiger partial charge in [-0.05, 0) is 31.2 Å². The number of rotatable bonds is 4. The molecular formula is C14H14ClNO3. The lowest BCUT2D eigenvalue weighted by Gasteiger charge is -2.03. The molecule has 0 fully saturated rings. The SMILES string of the molecule is CC(=O)CC(C)c1cn(-c2ccc(Cl)cc2)c(=O)o1. The summed E-state index contributed by atoms with van der Waals surface area (Å²) >= 11 is 5.80. The Kier molecular flexibility index (Phi) is 3.90. The van der Waals surface area contributed by atoms with Crippen LogP contribution in [-0.4, -0.2) is 10.4 Å². The van der Waals surface area contributed by atoms with Gasteiger partial charge < -0.3 is 9.21 Å². The molecule has 0 aliphatic rings. The fourth-order valence-corrected chi connectivity index (χ4v) is 2.02. The molecule has 1 heterocycles. The number of benzene rings is 1. The van der Waals surface area contributed by atoms with E-state index in [9.17, 15) is 9.59 Å². The first-order chi connectivity index (χ1) is 8.97. The van der Waals surface area contributed by atoms with Gasteiger partial charge in [0.15, 0.2) is 0 Å². The van der Waals surface area contributed by atoms with Gasteiger partial charge in [-0.15, -0.1) is 0 Å². The molecule has 2 aromatic rings. The molecule has 0 saturated heterocycles. The lowest BCUT2D eigenvalue weighted by Crippen LogP contribution is -2.10. The largest absolute Gasteiger partial charge is 0.423 e. The van der Waals surface area contributed by atoms with E-state index in [1.807, 2.05) is 6.92 Å². The molecule has 2 rings (SSSR count). The number of Topliss-reactive ketones (excluding diaryl/α,β-unsaturated/α-hetero) is 1. The van der Waals surface area contributed by atoms with Crippen molar-refractivity contribution in [3.63, 3.8) is 0 Å². The van der Waals surface area contributed by atoms with Crippen LogP contribution in [0.4, 0.5) is 0 Å². The third-order valence-electron chi connectivity index (χ3n) is 2.84. The minimum absolute atomic E-state index is 0.0643. The van der Waals surface area contributed by atoms with E-state index in [0.29, 0.717) is 22.9 Å². The van der Waals surface area contributed by atoms with Crippen molar-refractivity contribution >= 4 is 17.4 Å². The van der Waals surface area contributed by atoms with Gasteiger partial charge in [0.1, 0.15) is 11.5 Å². The quantitative estimate of drug-likeness (QED) is 0.864. The van der Waals surface area contributed by atoms with Gasteiger partial charge in [0.25, 0.3) is 0 Å². The van der Waals surface area contributed by atoms with Gasteiger partial charge in [0, 0.05) is 17.4 Å². The van der Waals surface area contributed by atoms with Crippen molar-refractivity contribution in [1.29, 1.82) is 0 Å². The van der Waals surface area contributed by atoms with Crippen LogP contribution < -0.4 is 5.76 Å². The Labute approximate surface area is 115 Å². The topological polar surface area (TPSA) is 52.2 Å². The third-order valence-corrected chi connectivity index (χ3v) is 3.09. The highest BCUT2D eigenvalue weighted by Crippen LogP contribution is 2.20. The number of hydrogen-bond acceptors (Lipinski definition) is 3. The summed E-state index contributed by atoms with van der Waals surface area (Å²) in [4.78, 5) is 22.9. The molecule has 1 atom stereocenters. The second kappa shape index (κ2) is 5.45. The van der Waals surface area contributed by atoms with Gasteiger partial charge in [-0.1, -0.05) is 18.5 Å². The monoisotopic (exact) mass is 279 g/mol. The zero-order chi connectivity index (χ0) is 14.0. The molecular weight excluding hydrogens is 266 g/mol. The van der Waals surface area contributed by atoms with Crippen LogP contribution in [0.25, 0.3) is 5.69 Å². The fourth-order valence-electron chi connectivity index (χ4n) is 1.90. The Morgan fingerprint density at radius 2 is 2.00 bits per heavy atom. The van der Waals surface area contributed by atoms with E-state index >= 15 is 0 Å². The summed E-state index contributed by atoms with van der Waals surface area (Å²) in [6.45, 7) is 3.37. The van der Waals surface area contributed by atoms with Crippen LogP contribution in [0.1, 0.15) is 31.9 Å². The molecule has 0 bridgehead atoms. The van der Waals surface area contributed by atoms with Crippen LogP contribution in [0.15, 0.2) is 39.7 Å². The molecule has 0 aliphatic carbocycles. The molecule has 0 aliphatic heterocycles. The van der Waals surface area contributed by atoms with Gasteiger partial charge in [-0.25, -0.2) is 9.36 Å². The summed E-state index contributed by atoms with van der Waals surface area (Å²) in [6.07, 6.45) is 1.98.